The van der Waals surface area contributed by atoms with E-state index < -0.39 is 6.10 Å². The third-order valence-corrected chi connectivity index (χ3v) is 11.8. The molecule has 0 N–H and O–H groups in total. The SMILES string of the molecule is CCC\C=C/C=C\C=C/C=C\C=C/CCCCCCCC(=O)OCC(COC(=O)CCCCCCCCCCCCCCCC)OC(=O)CCCCC/C=C\C=C/CCCCCCCCC. The van der Waals surface area contributed by atoms with Gasteiger partial charge in [-0.25, -0.2) is 0 Å². The zero-order chi connectivity index (χ0) is 47.9. The Labute approximate surface area is 407 Å². The van der Waals surface area contributed by atoms with Crippen LogP contribution in [0.25, 0.3) is 0 Å². The van der Waals surface area contributed by atoms with Crippen LogP contribution in [0.3, 0.4) is 0 Å². The average Bonchev–Trinajstić information content (AvgIpc) is 3.31. The molecule has 0 heterocycles. The van der Waals surface area contributed by atoms with Crippen molar-refractivity contribution in [1.29, 1.82) is 0 Å². The molecule has 0 fully saturated rings. The molecule has 0 saturated carbocycles. The standard InChI is InChI=1S/C60H102O6/c1-4-7-10-13-16-19-22-25-28-30-31-33-35-38-41-44-47-50-53-59(62)65-56-57(55-64-58(61)52-49-46-43-40-37-34-27-24-21-18-15-12-9-6-3)66-60(63)54-51-48-45-42-39-36-32-29-26-23-20-17-14-11-8-5-2/h10,13,16,19,22,25,28-33,36,39,57H,4-9,11-12,14-15,17-18,20-21,23-24,26-27,34-35,37-38,40-56H2,1-3H3/b13-10-,19-16-,25-22-,30-28-,32-29-,33-31-,39-36-. The summed E-state index contributed by atoms with van der Waals surface area (Å²) >= 11 is 0. The number of hydrogen-bond acceptors (Lipinski definition) is 6. The van der Waals surface area contributed by atoms with E-state index >= 15 is 0 Å². The molecule has 6 heteroatoms. The number of rotatable bonds is 49. The Hall–Kier alpha value is -3.41. The van der Waals surface area contributed by atoms with Crippen molar-refractivity contribution >= 4 is 17.9 Å². The van der Waals surface area contributed by atoms with E-state index in [2.05, 4.69) is 81.5 Å². The molecule has 0 aromatic carbocycles. The predicted molar refractivity (Wildman–Crippen MR) is 284 cm³/mol. The van der Waals surface area contributed by atoms with Crippen molar-refractivity contribution in [2.45, 2.75) is 264 Å². The summed E-state index contributed by atoms with van der Waals surface area (Å²) in [5.41, 5.74) is 0. The van der Waals surface area contributed by atoms with E-state index in [1.165, 1.54) is 122 Å². The molecule has 0 amide bonds. The highest BCUT2D eigenvalue weighted by atomic mass is 16.6. The molecule has 0 spiro atoms. The largest absolute Gasteiger partial charge is 0.462 e. The number of carbonyl (C=O) groups excluding carboxylic acids is 3. The van der Waals surface area contributed by atoms with E-state index in [-0.39, 0.29) is 31.1 Å². The summed E-state index contributed by atoms with van der Waals surface area (Å²) in [6.45, 7) is 6.51. The third kappa shape index (κ3) is 51.6. The van der Waals surface area contributed by atoms with E-state index in [4.69, 9.17) is 14.2 Å². The van der Waals surface area contributed by atoms with Crippen LogP contribution in [0.4, 0.5) is 0 Å². The number of hydrogen-bond donors (Lipinski definition) is 0. The first-order valence-corrected chi connectivity index (χ1v) is 27.7. The lowest BCUT2D eigenvalue weighted by Gasteiger charge is -2.18. The second kappa shape index (κ2) is 54.2. The van der Waals surface area contributed by atoms with Gasteiger partial charge in [0.1, 0.15) is 13.2 Å². The zero-order valence-corrected chi connectivity index (χ0v) is 43.2. The number of esters is 3. The average molecular weight is 919 g/mol. The van der Waals surface area contributed by atoms with Crippen LogP contribution >= 0.6 is 0 Å². The molecule has 0 aliphatic rings. The van der Waals surface area contributed by atoms with Crippen LogP contribution in [0.5, 0.6) is 0 Å². The van der Waals surface area contributed by atoms with Gasteiger partial charge in [-0.15, -0.1) is 0 Å². The van der Waals surface area contributed by atoms with Gasteiger partial charge in [-0.3, -0.25) is 14.4 Å². The van der Waals surface area contributed by atoms with Gasteiger partial charge in [-0.2, -0.15) is 0 Å². The summed E-state index contributed by atoms with van der Waals surface area (Å²) in [6, 6.07) is 0. The first-order chi connectivity index (χ1) is 32.5. The molecule has 0 aliphatic heterocycles. The van der Waals surface area contributed by atoms with E-state index in [0.29, 0.717) is 19.3 Å². The normalized spacial score (nSPS) is 12.7. The number of ether oxygens (including phenoxy) is 3. The van der Waals surface area contributed by atoms with Crippen molar-refractivity contribution < 1.29 is 28.6 Å². The minimum atomic E-state index is -0.800. The van der Waals surface area contributed by atoms with E-state index in [1.54, 1.807) is 0 Å². The third-order valence-electron chi connectivity index (χ3n) is 11.8. The Bertz CT molecular complexity index is 1290. The maximum atomic E-state index is 12.8. The van der Waals surface area contributed by atoms with Gasteiger partial charge in [0.25, 0.3) is 0 Å². The second-order valence-electron chi connectivity index (χ2n) is 18.3. The van der Waals surface area contributed by atoms with Crippen molar-refractivity contribution in [3.05, 3.63) is 85.1 Å². The summed E-state index contributed by atoms with van der Waals surface area (Å²) in [6.07, 6.45) is 69.9. The van der Waals surface area contributed by atoms with Gasteiger partial charge in [-0.1, -0.05) is 260 Å². The molecular weight excluding hydrogens is 817 g/mol. The first-order valence-electron chi connectivity index (χ1n) is 27.7. The van der Waals surface area contributed by atoms with Gasteiger partial charge in [-0.05, 0) is 64.2 Å². The maximum absolute atomic E-state index is 12.8. The van der Waals surface area contributed by atoms with Crippen LogP contribution < -0.4 is 0 Å². The lowest BCUT2D eigenvalue weighted by atomic mass is 10.0. The Morgan fingerprint density at radius 3 is 0.939 bits per heavy atom. The van der Waals surface area contributed by atoms with Gasteiger partial charge < -0.3 is 14.2 Å². The van der Waals surface area contributed by atoms with Gasteiger partial charge >= 0.3 is 17.9 Å². The summed E-state index contributed by atoms with van der Waals surface area (Å²) in [4.78, 5) is 38.1. The summed E-state index contributed by atoms with van der Waals surface area (Å²) in [5.74, 6) is -0.942. The molecule has 0 saturated heterocycles. The van der Waals surface area contributed by atoms with Crippen LogP contribution in [0.2, 0.25) is 0 Å². The molecule has 66 heavy (non-hydrogen) atoms. The molecule has 0 aromatic heterocycles. The summed E-state index contributed by atoms with van der Waals surface area (Å²) < 4.78 is 16.8. The second-order valence-corrected chi connectivity index (χ2v) is 18.3. The topological polar surface area (TPSA) is 78.9 Å². The zero-order valence-electron chi connectivity index (χ0n) is 43.2. The molecule has 0 aliphatic carbocycles. The molecule has 0 rings (SSSR count). The van der Waals surface area contributed by atoms with Gasteiger partial charge in [0.15, 0.2) is 6.10 Å². The Morgan fingerprint density at radius 1 is 0.303 bits per heavy atom. The van der Waals surface area contributed by atoms with Crippen LogP contribution in [0.1, 0.15) is 258 Å². The minimum absolute atomic E-state index is 0.0942. The van der Waals surface area contributed by atoms with Crippen molar-refractivity contribution in [3.8, 4) is 0 Å². The smallest absolute Gasteiger partial charge is 0.306 e. The summed E-state index contributed by atoms with van der Waals surface area (Å²) in [5, 5.41) is 0. The van der Waals surface area contributed by atoms with Crippen LogP contribution in [0, 0.1) is 0 Å². The van der Waals surface area contributed by atoms with Crippen LogP contribution in [-0.2, 0) is 28.6 Å². The Balaban J connectivity index is 4.48. The molecule has 0 bridgehead atoms. The minimum Gasteiger partial charge on any atom is -0.462 e. The van der Waals surface area contributed by atoms with Gasteiger partial charge in [0.2, 0.25) is 0 Å². The molecule has 1 unspecified atom stereocenters. The highest BCUT2D eigenvalue weighted by Gasteiger charge is 2.19. The van der Waals surface area contributed by atoms with Crippen molar-refractivity contribution in [1.82, 2.24) is 0 Å². The van der Waals surface area contributed by atoms with Gasteiger partial charge in [0, 0.05) is 19.3 Å². The molecule has 378 valence electrons. The van der Waals surface area contributed by atoms with Crippen LogP contribution in [-0.4, -0.2) is 37.2 Å². The Kier molecular flexibility index (Phi) is 51.4. The predicted octanol–water partition coefficient (Wildman–Crippen LogP) is 18.4. The van der Waals surface area contributed by atoms with E-state index in [0.717, 1.165) is 96.3 Å². The van der Waals surface area contributed by atoms with E-state index in [9.17, 15) is 14.4 Å². The van der Waals surface area contributed by atoms with Crippen molar-refractivity contribution in [2.75, 3.05) is 13.2 Å². The number of unbranched alkanes of at least 4 members (excludes halogenated alkanes) is 29. The van der Waals surface area contributed by atoms with Crippen molar-refractivity contribution in [3.63, 3.8) is 0 Å². The fourth-order valence-electron chi connectivity index (χ4n) is 7.58. The fraction of sp³-hybridized carbons (Fsp3) is 0.717. The monoisotopic (exact) mass is 919 g/mol. The number of carbonyl (C=O) groups is 3. The molecule has 0 aromatic rings. The highest BCUT2D eigenvalue weighted by molar-refractivity contribution is 5.71. The van der Waals surface area contributed by atoms with E-state index in [1.807, 2.05) is 24.3 Å². The number of allylic oxidation sites excluding steroid dienone is 14. The Morgan fingerprint density at radius 2 is 0.576 bits per heavy atom. The maximum Gasteiger partial charge on any atom is 0.306 e. The van der Waals surface area contributed by atoms with Crippen molar-refractivity contribution in [2.24, 2.45) is 0 Å². The fourth-order valence-corrected chi connectivity index (χ4v) is 7.58. The first kappa shape index (κ1) is 62.6. The summed E-state index contributed by atoms with van der Waals surface area (Å²) in [7, 11) is 0. The lowest BCUT2D eigenvalue weighted by molar-refractivity contribution is -0.167. The quantitative estimate of drug-likeness (QED) is 0.0262. The van der Waals surface area contributed by atoms with Crippen LogP contribution in [0.15, 0.2) is 85.1 Å². The lowest BCUT2D eigenvalue weighted by Crippen LogP contribution is -2.30. The molecule has 6 nitrogen and oxygen atoms in total. The molecule has 1 atom stereocenters. The van der Waals surface area contributed by atoms with Gasteiger partial charge in [0.05, 0.1) is 0 Å². The molecule has 0 radical (unpaired) electrons. The highest BCUT2D eigenvalue weighted by Crippen LogP contribution is 2.15. The molecular formula is C60H102O6.